The van der Waals surface area contributed by atoms with Gasteiger partial charge in [0.15, 0.2) is 0 Å². The summed E-state index contributed by atoms with van der Waals surface area (Å²) in [6.07, 6.45) is 0. The van der Waals surface area contributed by atoms with Gasteiger partial charge in [-0.05, 0) is 30.3 Å². The third-order valence-corrected chi connectivity index (χ3v) is 4.69. The molecule has 0 atom stereocenters. The summed E-state index contributed by atoms with van der Waals surface area (Å²) in [6.45, 7) is 2.72. The molecular formula is C18H18Cl2N2O2. The molecule has 1 heterocycles. The largest absolute Gasteiger partial charge is 0.496 e. The average Bonchev–Trinajstić information content (AvgIpc) is 2.61. The van der Waals surface area contributed by atoms with Gasteiger partial charge < -0.3 is 14.5 Å². The molecule has 0 radical (unpaired) electrons. The quantitative estimate of drug-likeness (QED) is 0.825. The molecule has 0 unspecified atom stereocenters. The number of piperazine rings is 1. The molecule has 126 valence electrons. The van der Waals surface area contributed by atoms with E-state index in [1.165, 1.54) is 0 Å². The Labute approximate surface area is 151 Å². The van der Waals surface area contributed by atoms with E-state index in [-0.39, 0.29) is 5.91 Å². The van der Waals surface area contributed by atoms with Crippen LogP contribution in [0.2, 0.25) is 10.0 Å². The lowest BCUT2D eigenvalue weighted by Crippen LogP contribution is -2.49. The molecule has 0 spiro atoms. The predicted molar refractivity (Wildman–Crippen MR) is 97.6 cm³/mol. The van der Waals surface area contributed by atoms with Crippen LogP contribution in [0.5, 0.6) is 5.75 Å². The van der Waals surface area contributed by atoms with E-state index >= 15 is 0 Å². The molecule has 2 aromatic rings. The van der Waals surface area contributed by atoms with Gasteiger partial charge in [0.1, 0.15) is 5.75 Å². The third kappa shape index (κ3) is 3.45. The van der Waals surface area contributed by atoms with E-state index in [2.05, 4.69) is 4.90 Å². The van der Waals surface area contributed by atoms with Gasteiger partial charge in [0.2, 0.25) is 0 Å². The second-order valence-electron chi connectivity index (χ2n) is 5.58. The number of hydrogen-bond donors (Lipinski definition) is 0. The molecule has 1 saturated heterocycles. The smallest absolute Gasteiger partial charge is 0.257 e. The molecule has 0 aliphatic carbocycles. The van der Waals surface area contributed by atoms with Gasteiger partial charge in [0, 0.05) is 31.2 Å². The maximum atomic E-state index is 12.7. The third-order valence-electron chi connectivity index (χ3n) is 4.15. The van der Waals surface area contributed by atoms with Gasteiger partial charge in [0.25, 0.3) is 5.91 Å². The van der Waals surface area contributed by atoms with Crippen LogP contribution in [0.3, 0.4) is 0 Å². The van der Waals surface area contributed by atoms with E-state index in [9.17, 15) is 4.79 Å². The lowest BCUT2D eigenvalue weighted by atomic mass is 10.1. The van der Waals surface area contributed by atoms with Gasteiger partial charge in [-0.15, -0.1) is 0 Å². The molecule has 4 nitrogen and oxygen atoms in total. The molecular weight excluding hydrogens is 347 g/mol. The van der Waals surface area contributed by atoms with Crippen molar-refractivity contribution in [3.8, 4) is 5.75 Å². The first-order valence-corrected chi connectivity index (χ1v) is 8.48. The fourth-order valence-electron chi connectivity index (χ4n) is 2.88. The van der Waals surface area contributed by atoms with E-state index in [4.69, 9.17) is 27.9 Å². The van der Waals surface area contributed by atoms with Crippen molar-refractivity contribution >= 4 is 34.8 Å². The zero-order valence-electron chi connectivity index (χ0n) is 13.3. The van der Waals surface area contributed by atoms with Crippen molar-refractivity contribution in [1.29, 1.82) is 0 Å². The molecule has 2 aromatic carbocycles. The number of para-hydroxylation sites is 1. The molecule has 1 aliphatic heterocycles. The predicted octanol–water partition coefficient (Wildman–Crippen LogP) is 3.96. The highest BCUT2D eigenvalue weighted by molar-refractivity contribution is 6.36. The van der Waals surface area contributed by atoms with Gasteiger partial charge in [-0.1, -0.05) is 35.3 Å². The lowest BCUT2D eigenvalue weighted by Gasteiger charge is -2.36. The molecule has 1 amide bonds. The van der Waals surface area contributed by atoms with Gasteiger partial charge in [0.05, 0.1) is 23.4 Å². The highest BCUT2D eigenvalue weighted by Crippen LogP contribution is 2.30. The number of halogens is 2. The number of carbonyl (C=O) groups is 1. The molecule has 24 heavy (non-hydrogen) atoms. The lowest BCUT2D eigenvalue weighted by molar-refractivity contribution is 0.0743. The first kappa shape index (κ1) is 16.9. The molecule has 0 bridgehead atoms. The summed E-state index contributed by atoms with van der Waals surface area (Å²) in [7, 11) is 1.58. The maximum absolute atomic E-state index is 12.7. The Kier molecular flexibility index (Phi) is 5.17. The Morgan fingerprint density at radius 1 is 1.04 bits per heavy atom. The first-order valence-electron chi connectivity index (χ1n) is 7.72. The molecule has 0 saturated carbocycles. The van der Waals surface area contributed by atoms with E-state index in [0.717, 1.165) is 18.8 Å². The zero-order valence-corrected chi connectivity index (χ0v) is 14.8. The SMILES string of the molecule is COc1ccccc1C(=O)N1CCN(c2ccc(Cl)cc2Cl)CC1. The van der Waals surface area contributed by atoms with Crippen LogP contribution in [0.1, 0.15) is 10.4 Å². The minimum atomic E-state index is -0.00527. The monoisotopic (exact) mass is 364 g/mol. The summed E-state index contributed by atoms with van der Waals surface area (Å²) < 4.78 is 5.29. The second-order valence-corrected chi connectivity index (χ2v) is 6.42. The molecule has 1 fully saturated rings. The summed E-state index contributed by atoms with van der Waals surface area (Å²) in [6, 6.07) is 12.8. The minimum Gasteiger partial charge on any atom is -0.496 e. The summed E-state index contributed by atoms with van der Waals surface area (Å²) in [5.74, 6) is 0.597. The fraction of sp³-hybridized carbons (Fsp3) is 0.278. The first-order chi connectivity index (χ1) is 11.6. The highest BCUT2D eigenvalue weighted by Gasteiger charge is 2.25. The number of ether oxygens (including phenoxy) is 1. The van der Waals surface area contributed by atoms with Crippen LogP contribution < -0.4 is 9.64 Å². The maximum Gasteiger partial charge on any atom is 0.257 e. The van der Waals surface area contributed by atoms with Crippen molar-refractivity contribution < 1.29 is 9.53 Å². The van der Waals surface area contributed by atoms with Crippen LogP contribution >= 0.6 is 23.2 Å². The Bertz CT molecular complexity index is 744. The zero-order chi connectivity index (χ0) is 17.1. The number of nitrogens with zero attached hydrogens (tertiary/aromatic N) is 2. The highest BCUT2D eigenvalue weighted by atomic mass is 35.5. The van der Waals surface area contributed by atoms with Crippen molar-refractivity contribution in [3.63, 3.8) is 0 Å². The van der Waals surface area contributed by atoms with Crippen LogP contribution in [0.4, 0.5) is 5.69 Å². The van der Waals surface area contributed by atoms with Crippen LogP contribution in [-0.4, -0.2) is 44.1 Å². The normalized spacial score (nSPS) is 14.6. The minimum absolute atomic E-state index is 0.00527. The molecule has 3 rings (SSSR count). The number of hydrogen-bond acceptors (Lipinski definition) is 3. The molecule has 6 heteroatoms. The van der Waals surface area contributed by atoms with E-state index in [1.54, 1.807) is 25.3 Å². The van der Waals surface area contributed by atoms with Gasteiger partial charge in [-0.2, -0.15) is 0 Å². The van der Waals surface area contributed by atoms with Crippen LogP contribution in [-0.2, 0) is 0 Å². The molecule has 0 aromatic heterocycles. The van der Waals surface area contributed by atoms with Crippen LogP contribution in [0.25, 0.3) is 0 Å². The molecule has 0 N–H and O–H groups in total. The van der Waals surface area contributed by atoms with Crippen molar-refractivity contribution in [3.05, 3.63) is 58.1 Å². The number of methoxy groups -OCH3 is 1. The van der Waals surface area contributed by atoms with Crippen molar-refractivity contribution in [1.82, 2.24) is 4.90 Å². The standard InChI is InChI=1S/C18H18Cl2N2O2/c1-24-17-5-3-2-4-14(17)18(23)22-10-8-21(9-11-22)16-7-6-13(19)12-15(16)20/h2-7,12H,8-11H2,1H3. The van der Waals surface area contributed by atoms with Crippen molar-refractivity contribution in [2.24, 2.45) is 0 Å². The number of amides is 1. The van der Waals surface area contributed by atoms with Crippen molar-refractivity contribution in [2.75, 3.05) is 38.2 Å². The summed E-state index contributed by atoms with van der Waals surface area (Å²) in [5.41, 5.74) is 1.54. The summed E-state index contributed by atoms with van der Waals surface area (Å²) >= 11 is 12.2. The number of benzene rings is 2. The van der Waals surface area contributed by atoms with Crippen molar-refractivity contribution in [2.45, 2.75) is 0 Å². The summed E-state index contributed by atoms with van der Waals surface area (Å²) in [5, 5.41) is 1.25. The number of carbonyl (C=O) groups excluding carboxylic acids is 1. The number of rotatable bonds is 3. The van der Waals surface area contributed by atoms with Gasteiger partial charge >= 0.3 is 0 Å². The van der Waals surface area contributed by atoms with E-state index in [1.807, 2.05) is 29.2 Å². The summed E-state index contributed by atoms with van der Waals surface area (Å²) in [4.78, 5) is 16.7. The Balaban J connectivity index is 1.69. The van der Waals surface area contributed by atoms with Gasteiger partial charge in [-0.3, -0.25) is 4.79 Å². The Morgan fingerprint density at radius 3 is 2.42 bits per heavy atom. The average molecular weight is 365 g/mol. The topological polar surface area (TPSA) is 32.8 Å². The molecule has 1 aliphatic rings. The number of anilines is 1. The Hall–Kier alpha value is -1.91. The van der Waals surface area contributed by atoms with E-state index < -0.39 is 0 Å². The fourth-order valence-corrected chi connectivity index (χ4v) is 3.41. The van der Waals surface area contributed by atoms with Gasteiger partial charge in [-0.25, -0.2) is 0 Å². The van der Waals surface area contributed by atoms with E-state index in [0.29, 0.717) is 34.4 Å². The Morgan fingerprint density at radius 2 is 1.75 bits per heavy atom. The van der Waals surface area contributed by atoms with Crippen LogP contribution in [0.15, 0.2) is 42.5 Å². The van der Waals surface area contributed by atoms with Crippen LogP contribution in [0, 0.1) is 0 Å². The second kappa shape index (κ2) is 7.32.